The van der Waals surface area contributed by atoms with Gasteiger partial charge in [0.1, 0.15) is 0 Å². The highest BCUT2D eigenvalue weighted by atomic mass is 15.3. The van der Waals surface area contributed by atoms with Gasteiger partial charge in [0.15, 0.2) is 5.82 Å². The first-order chi connectivity index (χ1) is 11.0. The molecule has 0 aliphatic carbocycles. The zero-order valence-electron chi connectivity index (χ0n) is 15.1. The molecule has 0 atom stereocenters. The molecular formula is C17H32N6. The number of rotatable bonds is 8. The van der Waals surface area contributed by atoms with Gasteiger partial charge in [0.25, 0.3) is 0 Å². The molecule has 1 aliphatic rings. The van der Waals surface area contributed by atoms with Crippen molar-refractivity contribution in [3.8, 4) is 0 Å². The van der Waals surface area contributed by atoms with Gasteiger partial charge in [0, 0.05) is 26.2 Å². The van der Waals surface area contributed by atoms with E-state index in [1.807, 2.05) is 0 Å². The molecule has 1 aromatic heterocycles. The summed E-state index contributed by atoms with van der Waals surface area (Å²) >= 11 is 0. The zero-order valence-corrected chi connectivity index (χ0v) is 15.1. The van der Waals surface area contributed by atoms with E-state index in [1.165, 1.54) is 5.69 Å². The van der Waals surface area contributed by atoms with Crippen molar-refractivity contribution in [1.29, 1.82) is 0 Å². The van der Waals surface area contributed by atoms with Crippen LogP contribution in [0, 0.1) is 0 Å². The van der Waals surface area contributed by atoms with Crippen LogP contribution in [0.1, 0.15) is 12.8 Å². The van der Waals surface area contributed by atoms with E-state index >= 15 is 0 Å². The number of nitrogens with two attached hydrogens (primary N) is 1. The summed E-state index contributed by atoms with van der Waals surface area (Å²) in [7, 11) is 8.48. The quantitative estimate of drug-likeness (QED) is 0.777. The van der Waals surface area contributed by atoms with E-state index in [9.17, 15) is 0 Å². The summed E-state index contributed by atoms with van der Waals surface area (Å²) in [4.78, 5) is 13.9. The van der Waals surface area contributed by atoms with E-state index in [1.54, 1.807) is 6.20 Å². The molecule has 130 valence electrons. The average molecular weight is 320 g/mol. The standard InChI is InChI=1S/C17H32N6/c1-20(2)7-5-9-22-11-12-23(10-6-8-21(3)4)17-16(22)13-15(18)14-19-17/h13-14H,5-12,18H2,1-4H3. The van der Waals surface area contributed by atoms with Crippen LogP contribution in [0.3, 0.4) is 0 Å². The Bertz CT molecular complexity index is 488. The van der Waals surface area contributed by atoms with E-state index in [0.717, 1.165) is 63.6 Å². The highest BCUT2D eigenvalue weighted by Gasteiger charge is 2.23. The van der Waals surface area contributed by atoms with Crippen molar-refractivity contribution >= 4 is 17.2 Å². The lowest BCUT2D eigenvalue weighted by molar-refractivity contribution is 0.396. The topological polar surface area (TPSA) is 51.9 Å². The molecule has 0 saturated heterocycles. The molecule has 0 amide bonds. The summed E-state index contributed by atoms with van der Waals surface area (Å²) in [5, 5.41) is 0. The van der Waals surface area contributed by atoms with Crippen LogP contribution >= 0.6 is 0 Å². The van der Waals surface area contributed by atoms with Crippen molar-refractivity contribution in [2.45, 2.75) is 12.8 Å². The van der Waals surface area contributed by atoms with E-state index in [0.29, 0.717) is 0 Å². The maximum Gasteiger partial charge on any atom is 0.152 e. The van der Waals surface area contributed by atoms with Crippen molar-refractivity contribution in [3.05, 3.63) is 12.3 Å². The van der Waals surface area contributed by atoms with Crippen LogP contribution in [0.5, 0.6) is 0 Å². The smallest absolute Gasteiger partial charge is 0.152 e. The average Bonchev–Trinajstić information content (AvgIpc) is 2.48. The van der Waals surface area contributed by atoms with Gasteiger partial charge in [-0.1, -0.05) is 0 Å². The minimum absolute atomic E-state index is 0.747. The number of fused-ring (bicyclic) bond motifs is 1. The zero-order chi connectivity index (χ0) is 16.8. The number of aromatic nitrogens is 1. The van der Waals surface area contributed by atoms with Crippen molar-refractivity contribution in [2.24, 2.45) is 0 Å². The van der Waals surface area contributed by atoms with Crippen molar-refractivity contribution in [1.82, 2.24) is 14.8 Å². The molecule has 0 radical (unpaired) electrons. The minimum Gasteiger partial charge on any atom is -0.397 e. The maximum absolute atomic E-state index is 5.98. The van der Waals surface area contributed by atoms with Gasteiger partial charge in [-0.25, -0.2) is 4.98 Å². The highest BCUT2D eigenvalue weighted by Crippen LogP contribution is 2.32. The van der Waals surface area contributed by atoms with E-state index in [2.05, 4.69) is 58.8 Å². The van der Waals surface area contributed by atoms with Crippen LogP contribution in [0.4, 0.5) is 17.2 Å². The van der Waals surface area contributed by atoms with E-state index in [-0.39, 0.29) is 0 Å². The Balaban J connectivity index is 2.04. The van der Waals surface area contributed by atoms with Gasteiger partial charge in [-0.3, -0.25) is 0 Å². The van der Waals surface area contributed by atoms with Crippen LogP contribution in [0.2, 0.25) is 0 Å². The number of anilines is 3. The van der Waals surface area contributed by atoms with Gasteiger partial charge >= 0.3 is 0 Å². The normalized spacial score (nSPS) is 14.7. The molecule has 0 bridgehead atoms. The number of nitrogens with zero attached hydrogens (tertiary/aromatic N) is 5. The molecular weight excluding hydrogens is 288 g/mol. The molecule has 0 unspecified atom stereocenters. The minimum atomic E-state index is 0.747. The summed E-state index contributed by atoms with van der Waals surface area (Å²) in [6.07, 6.45) is 4.09. The Kier molecular flexibility index (Phi) is 6.47. The first-order valence-electron chi connectivity index (χ1n) is 8.52. The Morgan fingerprint density at radius 2 is 1.57 bits per heavy atom. The van der Waals surface area contributed by atoms with Crippen molar-refractivity contribution in [3.63, 3.8) is 0 Å². The molecule has 0 fully saturated rings. The molecule has 1 aromatic rings. The lowest BCUT2D eigenvalue weighted by Gasteiger charge is -2.38. The van der Waals surface area contributed by atoms with Crippen LogP contribution < -0.4 is 15.5 Å². The first kappa shape index (κ1) is 17.8. The molecule has 0 spiro atoms. The molecule has 6 heteroatoms. The largest absolute Gasteiger partial charge is 0.397 e. The number of pyridine rings is 1. The van der Waals surface area contributed by atoms with Crippen molar-refractivity contribution < 1.29 is 0 Å². The summed E-state index contributed by atoms with van der Waals surface area (Å²) < 4.78 is 0. The van der Waals surface area contributed by atoms with Crippen LogP contribution in [0.15, 0.2) is 12.3 Å². The van der Waals surface area contributed by atoms with Gasteiger partial charge in [0.05, 0.1) is 17.6 Å². The molecule has 2 heterocycles. The fraction of sp³-hybridized carbons (Fsp3) is 0.706. The fourth-order valence-corrected chi connectivity index (χ4v) is 3.01. The third-order valence-electron chi connectivity index (χ3n) is 4.22. The summed E-state index contributed by atoms with van der Waals surface area (Å²) in [5.41, 5.74) is 7.92. The van der Waals surface area contributed by atoms with Crippen LogP contribution in [-0.2, 0) is 0 Å². The van der Waals surface area contributed by atoms with Crippen LogP contribution in [0.25, 0.3) is 0 Å². The maximum atomic E-state index is 5.98. The van der Waals surface area contributed by atoms with Crippen LogP contribution in [-0.4, -0.2) is 82.2 Å². The molecule has 0 saturated carbocycles. The molecule has 23 heavy (non-hydrogen) atoms. The summed E-state index contributed by atoms with van der Waals surface area (Å²) in [5.74, 6) is 1.09. The lowest BCUT2D eigenvalue weighted by atomic mass is 10.2. The Hall–Kier alpha value is -1.53. The van der Waals surface area contributed by atoms with Gasteiger partial charge in [-0.2, -0.15) is 0 Å². The van der Waals surface area contributed by atoms with Crippen molar-refractivity contribution in [2.75, 3.05) is 83.0 Å². The van der Waals surface area contributed by atoms with E-state index in [4.69, 9.17) is 5.73 Å². The van der Waals surface area contributed by atoms with Gasteiger partial charge in [-0.15, -0.1) is 0 Å². The second kappa shape index (κ2) is 8.36. The molecule has 6 nitrogen and oxygen atoms in total. The summed E-state index contributed by atoms with van der Waals surface area (Å²) in [6.45, 7) is 6.41. The number of nitrogen functional groups attached to an aromatic ring is 1. The number of hydrogen-bond donors (Lipinski definition) is 1. The highest BCUT2D eigenvalue weighted by molar-refractivity contribution is 5.72. The molecule has 1 aliphatic heterocycles. The summed E-state index contributed by atoms with van der Waals surface area (Å²) in [6, 6.07) is 2.08. The van der Waals surface area contributed by atoms with Gasteiger partial charge in [-0.05, 0) is 60.2 Å². The first-order valence-corrected chi connectivity index (χ1v) is 8.52. The predicted octanol–water partition coefficient (Wildman–Crippen LogP) is 1.19. The lowest BCUT2D eigenvalue weighted by Crippen LogP contribution is -2.43. The second-order valence-corrected chi connectivity index (χ2v) is 6.90. The third kappa shape index (κ3) is 5.25. The number of hydrogen-bond acceptors (Lipinski definition) is 6. The molecule has 2 N–H and O–H groups in total. The predicted molar refractivity (Wildman–Crippen MR) is 99.4 cm³/mol. The molecule has 0 aromatic carbocycles. The Morgan fingerprint density at radius 1 is 1.00 bits per heavy atom. The van der Waals surface area contributed by atoms with E-state index < -0.39 is 0 Å². The third-order valence-corrected chi connectivity index (χ3v) is 4.22. The second-order valence-electron chi connectivity index (χ2n) is 6.90. The molecule has 2 rings (SSSR count). The fourth-order valence-electron chi connectivity index (χ4n) is 3.01. The van der Waals surface area contributed by atoms with Gasteiger partial charge in [0.2, 0.25) is 0 Å². The SMILES string of the molecule is CN(C)CCCN1CCN(CCCN(C)C)c2ncc(N)cc21. The Morgan fingerprint density at radius 3 is 2.17 bits per heavy atom. The van der Waals surface area contributed by atoms with Gasteiger partial charge < -0.3 is 25.3 Å². The monoisotopic (exact) mass is 320 g/mol. The Labute approximate surface area is 140 Å².